The predicted octanol–water partition coefficient (Wildman–Crippen LogP) is 2.29. The first-order valence-corrected chi connectivity index (χ1v) is 7.16. The van der Waals surface area contributed by atoms with Crippen molar-refractivity contribution in [1.82, 2.24) is 5.32 Å². The molecule has 3 atom stereocenters. The van der Waals surface area contributed by atoms with Crippen LogP contribution in [0.15, 0.2) is 24.3 Å². The first kappa shape index (κ1) is 16.5. The van der Waals surface area contributed by atoms with Gasteiger partial charge in [-0.3, -0.25) is 4.79 Å². The average Bonchev–Trinajstić information content (AvgIpc) is 2.40. The van der Waals surface area contributed by atoms with Gasteiger partial charge in [0, 0.05) is 6.04 Å². The van der Waals surface area contributed by atoms with Gasteiger partial charge in [-0.1, -0.05) is 19.1 Å². The molecule has 0 fully saturated rings. The molecule has 20 heavy (non-hydrogen) atoms. The lowest BCUT2D eigenvalue weighted by Crippen LogP contribution is -2.40. The molecule has 0 aromatic heterocycles. The molecule has 0 saturated carbocycles. The van der Waals surface area contributed by atoms with Crippen molar-refractivity contribution < 1.29 is 14.6 Å². The van der Waals surface area contributed by atoms with Crippen LogP contribution in [0.4, 0.5) is 0 Å². The Bertz CT molecular complexity index is 414. The summed E-state index contributed by atoms with van der Waals surface area (Å²) in [5.41, 5.74) is 1.05. The molecule has 0 radical (unpaired) electrons. The zero-order valence-electron chi connectivity index (χ0n) is 12.7. The van der Waals surface area contributed by atoms with Crippen molar-refractivity contribution >= 4 is 5.91 Å². The lowest BCUT2D eigenvalue weighted by Gasteiger charge is -2.18. The molecule has 0 spiro atoms. The third-order valence-corrected chi connectivity index (χ3v) is 3.14. The summed E-state index contributed by atoms with van der Waals surface area (Å²) >= 11 is 0. The first-order chi connectivity index (χ1) is 9.42. The molecule has 0 aliphatic carbocycles. The van der Waals surface area contributed by atoms with Gasteiger partial charge in [0.1, 0.15) is 5.75 Å². The van der Waals surface area contributed by atoms with E-state index in [-0.39, 0.29) is 18.1 Å². The maximum Gasteiger partial charge on any atom is 0.260 e. The van der Waals surface area contributed by atoms with E-state index in [4.69, 9.17) is 4.74 Å². The monoisotopic (exact) mass is 279 g/mol. The summed E-state index contributed by atoms with van der Waals surface area (Å²) < 4.78 is 5.61. The van der Waals surface area contributed by atoms with E-state index in [0.29, 0.717) is 12.2 Å². The third-order valence-electron chi connectivity index (χ3n) is 3.14. The van der Waals surface area contributed by atoms with Gasteiger partial charge >= 0.3 is 0 Å². The van der Waals surface area contributed by atoms with Gasteiger partial charge in [0.25, 0.3) is 5.91 Å². The number of carbonyl (C=O) groups excluding carboxylic acids is 1. The Morgan fingerprint density at radius 1 is 1.25 bits per heavy atom. The summed E-state index contributed by atoms with van der Waals surface area (Å²) in [6, 6.07) is 7.61. The second kappa shape index (κ2) is 7.90. The molecule has 0 bridgehead atoms. The summed E-state index contributed by atoms with van der Waals surface area (Å²) in [5.74, 6) is 0.554. The largest absolute Gasteiger partial charge is 0.481 e. The summed E-state index contributed by atoms with van der Waals surface area (Å²) in [6.45, 7) is 7.49. The number of benzene rings is 1. The summed E-state index contributed by atoms with van der Waals surface area (Å²) in [7, 11) is 0. The van der Waals surface area contributed by atoms with E-state index in [1.165, 1.54) is 0 Å². The van der Waals surface area contributed by atoms with E-state index >= 15 is 0 Å². The molecule has 0 aliphatic rings. The molecule has 2 N–H and O–H groups in total. The molecule has 3 unspecified atom stereocenters. The molecule has 1 amide bonds. The average molecular weight is 279 g/mol. The number of nitrogens with one attached hydrogen (secondary N) is 1. The second-order valence-electron chi connectivity index (χ2n) is 5.28. The van der Waals surface area contributed by atoms with Crippen LogP contribution in [0.5, 0.6) is 5.75 Å². The van der Waals surface area contributed by atoms with Crippen LogP contribution in [-0.2, 0) is 11.2 Å². The maximum absolute atomic E-state index is 11.9. The molecular weight excluding hydrogens is 254 g/mol. The fraction of sp³-hybridized carbons (Fsp3) is 0.562. The molecule has 0 heterocycles. The number of amides is 1. The van der Waals surface area contributed by atoms with Crippen LogP contribution < -0.4 is 10.1 Å². The molecule has 1 rings (SSSR count). The van der Waals surface area contributed by atoms with Crippen molar-refractivity contribution in [2.45, 2.75) is 58.8 Å². The lowest BCUT2D eigenvalue weighted by atomic mass is 10.1. The van der Waals surface area contributed by atoms with E-state index in [2.05, 4.69) is 5.32 Å². The van der Waals surface area contributed by atoms with Crippen molar-refractivity contribution in [3.05, 3.63) is 29.8 Å². The summed E-state index contributed by atoms with van der Waals surface area (Å²) in [4.78, 5) is 11.9. The van der Waals surface area contributed by atoms with Crippen molar-refractivity contribution in [2.75, 3.05) is 0 Å². The second-order valence-corrected chi connectivity index (χ2v) is 5.28. The Labute approximate surface area is 121 Å². The zero-order chi connectivity index (χ0) is 15.1. The SMILES string of the molecule is CCC(C)NC(=O)C(C)Oc1ccc(CC(C)O)cc1. The Balaban J connectivity index is 2.53. The van der Waals surface area contributed by atoms with Gasteiger partial charge in [-0.25, -0.2) is 0 Å². The Morgan fingerprint density at radius 3 is 2.35 bits per heavy atom. The lowest BCUT2D eigenvalue weighted by molar-refractivity contribution is -0.127. The van der Waals surface area contributed by atoms with Gasteiger partial charge in [-0.15, -0.1) is 0 Å². The van der Waals surface area contributed by atoms with Crippen molar-refractivity contribution in [3.8, 4) is 5.75 Å². The highest BCUT2D eigenvalue weighted by Gasteiger charge is 2.16. The topological polar surface area (TPSA) is 58.6 Å². The molecule has 1 aromatic rings. The normalized spacial score (nSPS) is 15.2. The highest BCUT2D eigenvalue weighted by atomic mass is 16.5. The number of rotatable bonds is 7. The number of aliphatic hydroxyl groups excluding tert-OH is 1. The molecule has 1 aromatic carbocycles. The van der Waals surface area contributed by atoms with Crippen molar-refractivity contribution in [2.24, 2.45) is 0 Å². The minimum Gasteiger partial charge on any atom is -0.481 e. The predicted molar refractivity (Wildman–Crippen MR) is 79.8 cm³/mol. The van der Waals surface area contributed by atoms with Gasteiger partial charge in [0.2, 0.25) is 0 Å². The Hall–Kier alpha value is -1.55. The van der Waals surface area contributed by atoms with E-state index in [1.807, 2.05) is 38.1 Å². The Kier molecular flexibility index (Phi) is 6.52. The van der Waals surface area contributed by atoms with Crippen LogP contribution in [0.2, 0.25) is 0 Å². The van der Waals surface area contributed by atoms with E-state index in [0.717, 1.165) is 12.0 Å². The Morgan fingerprint density at radius 2 is 1.85 bits per heavy atom. The van der Waals surface area contributed by atoms with E-state index in [9.17, 15) is 9.90 Å². The van der Waals surface area contributed by atoms with E-state index in [1.54, 1.807) is 13.8 Å². The van der Waals surface area contributed by atoms with Crippen molar-refractivity contribution in [1.29, 1.82) is 0 Å². The minimum absolute atomic E-state index is 0.104. The van der Waals surface area contributed by atoms with Crippen LogP contribution in [-0.4, -0.2) is 29.3 Å². The highest BCUT2D eigenvalue weighted by Crippen LogP contribution is 2.15. The minimum atomic E-state index is -0.522. The molecule has 0 saturated heterocycles. The molecule has 4 nitrogen and oxygen atoms in total. The van der Waals surface area contributed by atoms with Gasteiger partial charge in [0.05, 0.1) is 6.10 Å². The quantitative estimate of drug-likeness (QED) is 0.805. The van der Waals surface area contributed by atoms with Crippen LogP contribution in [0, 0.1) is 0 Å². The zero-order valence-corrected chi connectivity index (χ0v) is 12.7. The molecular formula is C16H25NO3. The van der Waals surface area contributed by atoms with Gasteiger partial charge in [-0.05, 0) is 51.3 Å². The molecule has 4 heteroatoms. The fourth-order valence-corrected chi connectivity index (χ4v) is 1.77. The number of carbonyl (C=O) groups is 1. The van der Waals surface area contributed by atoms with Crippen molar-refractivity contribution in [3.63, 3.8) is 0 Å². The number of hydrogen-bond donors (Lipinski definition) is 2. The molecule has 112 valence electrons. The van der Waals surface area contributed by atoms with Crippen LogP contribution >= 0.6 is 0 Å². The summed E-state index contributed by atoms with van der Waals surface area (Å²) in [5, 5.41) is 12.2. The van der Waals surface area contributed by atoms with Crippen LogP contribution in [0.3, 0.4) is 0 Å². The number of ether oxygens (including phenoxy) is 1. The highest BCUT2D eigenvalue weighted by molar-refractivity contribution is 5.80. The third kappa shape index (κ3) is 5.61. The summed E-state index contributed by atoms with van der Waals surface area (Å²) in [6.07, 6.45) is 0.630. The van der Waals surface area contributed by atoms with Gasteiger partial charge in [0.15, 0.2) is 6.10 Å². The van der Waals surface area contributed by atoms with Crippen LogP contribution in [0.25, 0.3) is 0 Å². The molecule has 0 aliphatic heterocycles. The maximum atomic E-state index is 11.9. The number of aliphatic hydroxyl groups is 1. The fourth-order valence-electron chi connectivity index (χ4n) is 1.77. The van der Waals surface area contributed by atoms with E-state index < -0.39 is 6.10 Å². The van der Waals surface area contributed by atoms with Crippen LogP contribution in [0.1, 0.15) is 39.7 Å². The number of hydrogen-bond acceptors (Lipinski definition) is 3. The first-order valence-electron chi connectivity index (χ1n) is 7.16. The smallest absolute Gasteiger partial charge is 0.260 e. The standard InChI is InChI=1S/C16H25NO3/c1-5-11(2)17-16(19)13(4)20-15-8-6-14(7-9-15)10-12(3)18/h6-9,11-13,18H,5,10H2,1-4H3,(H,17,19). The van der Waals surface area contributed by atoms with Gasteiger partial charge in [-0.2, -0.15) is 0 Å². The van der Waals surface area contributed by atoms with Gasteiger partial charge < -0.3 is 15.2 Å².